The number of aryl methyl sites for hydroxylation is 1. The van der Waals surface area contributed by atoms with E-state index < -0.39 is 10.0 Å². The first-order valence-electron chi connectivity index (χ1n) is 6.65. The topological polar surface area (TPSA) is 80.5 Å². The van der Waals surface area contributed by atoms with Gasteiger partial charge >= 0.3 is 0 Å². The summed E-state index contributed by atoms with van der Waals surface area (Å²) in [7, 11) is -2.11. The van der Waals surface area contributed by atoms with Crippen LogP contribution in [0.3, 0.4) is 0 Å². The maximum Gasteiger partial charge on any atom is 0.253 e. The van der Waals surface area contributed by atoms with Gasteiger partial charge in [0.05, 0.1) is 4.90 Å². The average molecular weight is 298 g/mol. The Hall–Kier alpha value is -1.40. The Morgan fingerprint density at radius 3 is 2.40 bits per heavy atom. The Bertz CT molecular complexity index is 596. The molecular weight excluding hydrogens is 276 g/mol. The maximum atomic E-state index is 12.3. The van der Waals surface area contributed by atoms with E-state index in [0.29, 0.717) is 17.5 Å². The van der Waals surface area contributed by atoms with Crippen LogP contribution < -0.4 is 5.14 Å². The number of sulfonamides is 1. The number of hydrogen-bond donors (Lipinski definition) is 1. The minimum atomic E-state index is -3.82. The number of carbonyl (C=O) groups excluding carboxylic acids is 1. The summed E-state index contributed by atoms with van der Waals surface area (Å²) in [5, 5.41) is 5.21. The van der Waals surface area contributed by atoms with Crippen LogP contribution >= 0.6 is 0 Å². The monoisotopic (exact) mass is 298 g/mol. The summed E-state index contributed by atoms with van der Waals surface area (Å²) in [6, 6.07) is 4.76. The van der Waals surface area contributed by atoms with Crippen molar-refractivity contribution < 1.29 is 13.2 Å². The number of hydrogen-bond acceptors (Lipinski definition) is 3. The van der Waals surface area contributed by atoms with Crippen molar-refractivity contribution in [3.63, 3.8) is 0 Å². The Morgan fingerprint density at radius 1 is 1.35 bits per heavy atom. The Morgan fingerprint density at radius 2 is 1.95 bits per heavy atom. The van der Waals surface area contributed by atoms with Crippen molar-refractivity contribution in [1.82, 2.24) is 4.90 Å². The zero-order valence-electron chi connectivity index (χ0n) is 12.4. The third-order valence-corrected chi connectivity index (χ3v) is 4.57. The summed E-state index contributed by atoms with van der Waals surface area (Å²) in [6.45, 7) is 5.78. The van der Waals surface area contributed by atoms with Gasteiger partial charge in [-0.3, -0.25) is 4.79 Å². The summed E-state index contributed by atoms with van der Waals surface area (Å²) in [5.41, 5.74) is 0.962. The van der Waals surface area contributed by atoms with E-state index >= 15 is 0 Å². The van der Waals surface area contributed by atoms with Crippen molar-refractivity contribution in [2.75, 3.05) is 7.05 Å². The predicted molar refractivity (Wildman–Crippen MR) is 79.0 cm³/mol. The third-order valence-electron chi connectivity index (χ3n) is 3.57. The third kappa shape index (κ3) is 3.58. The molecular formula is C14H22N2O3S. The summed E-state index contributed by atoms with van der Waals surface area (Å²) in [4.78, 5) is 14.0. The Kier molecular flexibility index (Phi) is 5.30. The molecule has 1 aromatic carbocycles. The minimum Gasteiger partial charge on any atom is -0.339 e. The molecule has 20 heavy (non-hydrogen) atoms. The average Bonchev–Trinajstić information content (AvgIpc) is 2.43. The van der Waals surface area contributed by atoms with Crippen LogP contribution in [-0.4, -0.2) is 32.3 Å². The SMILES string of the molecule is CCc1ccc(C(=O)N(C)C(C)CC)cc1S(N)(=O)=O. The van der Waals surface area contributed by atoms with Crippen molar-refractivity contribution >= 4 is 15.9 Å². The number of nitrogens with two attached hydrogens (primary N) is 1. The number of rotatable bonds is 5. The van der Waals surface area contributed by atoms with Crippen LogP contribution in [0.1, 0.15) is 43.1 Å². The summed E-state index contributed by atoms with van der Waals surface area (Å²) in [6.07, 6.45) is 1.37. The maximum absolute atomic E-state index is 12.3. The molecule has 1 amide bonds. The number of nitrogens with zero attached hydrogens (tertiary/aromatic N) is 1. The number of amides is 1. The molecule has 0 saturated carbocycles. The van der Waals surface area contributed by atoms with Crippen LogP contribution in [0.4, 0.5) is 0 Å². The standard InChI is InChI=1S/C14H22N2O3S/c1-5-10(3)16(4)14(17)12-8-7-11(6-2)13(9-12)20(15,18)19/h7-10H,5-6H2,1-4H3,(H2,15,18,19). The molecule has 6 heteroatoms. The lowest BCUT2D eigenvalue weighted by Gasteiger charge is -2.24. The van der Waals surface area contributed by atoms with Gasteiger partial charge in [-0.2, -0.15) is 0 Å². The van der Waals surface area contributed by atoms with Crippen molar-refractivity contribution in [1.29, 1.82) is 0 Å². The molecule has 0 aliphatic rings. The van der Waals surface area contributed by atoms with Crippen LogP contribution in [0.15, 0.2) is 23.1 Å². The van der Waals surface area contributed by atoms with E-state index in [1.54, 1.807) is 24.1 Å². The Balaban J connectivity index is 3.25. The van der Waals surface area contributed by atoms with Crippen LogP contribution in [0.2, 0.25) is 0 Å². The van der Waals surface area contributed by atoms with E-state index in [0.717, 1.165) is 6.42 Å². The molecule has 0 fully saturated rings. The van der Waals surface area contributed by atoms with Crippen molar-refractivity contribution in [2.45, 2.75) is 44.6 Å². The lowest BCUT2D eigenvalue weighted by Crippen LogP contribution is -2.34. The first kappa shape index (κ1) is 16.7. The van der Waals surface area contributed by atoms with Crippen LogP contribution in [0.5, 0.6) is 0 Å². The highest BCUT2D eigenvalue weighted by Gasteiger charge is 2.20. The molecule has 0 aliphatic heterocycles. The first-order valence-corrected chi connectivity index (χ1v) is 8.19. The van der Waals surface area contributed by atoms with Gasteiger partial charge in [0, 0.05) is 18.7 Å². The quantitative estimate of drug-likeness (QED) is 0.899. The van der Waals surface area contributed by atoms with E-state index in [9.17, 15) is 13.2 Å². The molecule has 0 bridgehead atoms. The van der Waals surface area contributed by atoms with Crippen molar-refractivity contribution in [3.05, 3.63) is 29.3 Å². The molecule has 5 nitrogen and oxygen atoms in total. The molecule has 0 aliphatic carbocycles. The molecule has 0 aromatic heterocycles. The second kappa shape index (κ2) is 6.37. The highest BCUT2D eigenvalue weighted by atomic mass is 32.2. The second-order valence-corrected chi connectivity index (χ2v) is 6.42. The molecule has 0 spiro atoms. The van der Waals surface area contributed by atoms with Gasteiger partial charge in [-0.15, -0.1) is 0 Å². The van der Waals surface area contributed by atoms with Crippen molar-refractivity contribution in [3.8, 4) is 0 Å². The fourth-order valence-electron chi connectivity index (χ4n) is 1.92. The van der Waals surface area contributed by atoms with E-state index in [2.05, 4.69) is 0 Å². The molecule has 2 N–H and O–H groups in total. The lowest BCUT2D eigenvalue weighted by atomic mass is 10.1. The zero-order valence-corrected chi connectivity index (χ0v) is 13.2. The van der Waals surface area contributed by atoms with Crippen molar-refractivity contribution in [2.24, 2.45) is 5.14 Å². The molecule has 0 radical (unpaired) electrons. The Labute approximate surface area is 120 Å². The molecule has 0 heterocycles. The van der Waals surface area contributed by atoms with E-state index in [-0.39, 0.29) is 16.8 Å². The molecule has 0 saturated heterocycles. The summed E-state index contributed by atoms with van der Waals surface area (Å²) < 4.78 is 23.2. The van der Waals surface area contributed by atoms with Crippen LogP contribution in [0.25, 0.3) is 0 Å². The lowest BCUT2D eigenvalue weighted by molar-refractivity contribution is 0.0740. The van der Waals surface area contributed by atoms with Gasteiger partial charge in [0.2, 0.25) is 10.0 Å². The summed E-state index contributed by atoms with van der Waals surface area (Å²) in [5.74, 6) is -0.202. The van der Waals surface area contributed by atoms with Gasteiger partial charge in [-0.1, -0.05) is 19.9 Å². The van der Waals surface area contributed by atoms with Gasteiger partial charge in [-0.05, 0) is 37.5 Å². The molecule has 1 aromatic rings. The van der Waals surface area contributed by atoms with Crippen LogP contribution in [0, 0.1) is 0 Å². The first-order chi connectivity index (χ1) is 9.22. The van der Waals surface area contributed by atoms with Gasteiger partial charge in [0.15, 0.2) is 0 Å². The fourth-order valence-corrected chi connectivity index (χ4v) is 2.79. The number of primary sulfonamides is 1. The highest BCUT2D eigenvalue weighted by molar-refractivity contribution is 7.89. The van der Waals surface area contributed by atoms with E-state index in [1.807, 2.05) is 20.8 Å². The van der Waals surface area contributed by atoms with E-state index in [1.165, 1.54) is 6.07 Å². The van der Waals surface area contributed by atoms with Crippen LogP contribution in [-0.2, 0) is 16.4 Å². The largest absolute Gasteiger partial charge is 0.339 e. The molecule has 1 atom stereocenters. The molecule has 1 rings (SSSR count). The summed E-state index contributed by atoms with van der Waals surface area (Å²) >= 11 is 0. The predicted octanol–water partition coefficient (Wildman–Crippen LogP) is 1.77. The van der Waals surface area contributed by atoms with Gasteiger partial charge in [0.25, 0.3) is 5.91 Å². The normalized spacial score (nSPS) is 13.1. The van der Waals surface area contributed by atoms with Gasteiger partial charge in [-0.25, -0.2) is 13.6 Å². The number of carbonyl (C=O) groups is 1. The van der Waals surface area contributed by atoms with E-state index in [4.69, 9.17) is 5.14 Å². The van der Waals surface area contributed by atoms with Gasteiger partial charge in [0.1, 0.15) is 0 Å². The zero-order chi connectivity index (χ0) is 15.5. The van der Waals surface area contributed by atoms with Gasteiger partial charge < -0.3 is 4.90 Å². The highest BCUT2D eigenvalue weighted by Crippen LogP contribution is 2.19. The minimum absolute atomic E-state index is 0.0309. The molecule has 1 unspecified atom stereocenters. The number of benzene rings is 1. The fraction of sp³-hybridized carbons (Fsp3) is 0.500. The molecule has 112 valence electrons. The second-order valence-electron chi connectivity index (χ2n) is 4.89. The smallest absolute Gasteiger partial charge is 0.253 e.